The molecule has 0 radical (unpaired) electrons. The van der Waals surface area contributed by atoms with Crippen LogP contribution in [0.4, 0.5) is 55.2 Å². The van der Waals surface area contributed by atoms with Gasteiger partial charge in [-0.3, -0.25) is 51.8 Å². The van der Waals surface area contributed by atoms with Crippen LogP contribution in [0.2, 0.25) is 0 Å². The van der Waals surface area contributed by atoms with Crippen molar-refractivity contribution in [2.75, 3.05) is 146 Å². The van der Waals surface area contributed by atoms with Gasteiger partial charge in [-0.1, -0.05) is 48.5 Å². The highest BCUT2D eigenvalue weighted by Gasteiger charge is 2.43. The van der Waals surface area contributed by atoms with Gasteiger partial charge in [0.1, 0.15) is 5.82 Å². The summed E-state index contributed by atoms with van der Waals surface area (Å²) in [6, 6.07) is 35.9. The van der Waals surface area contributed by atoms with Gasteiger partial charge in [0.2, 0.25) is 17.7 Å². The van der Waals surface area contributed by atoms with Gasteiger partial charge in [0.15, 0.2) is 23.3 Å². The summed E-state index contributed by atoms with van der Waals surface area (Å²) in [6.07, 6.45) is 27.1. The van der Waals surface area contributed by atoms with Gasteiger partial charge >= 0.3 is 6.03 Å². The van der Waals surface area contributed by atoms with Crippen LogP contribution < -0.4 is 24.9 Å². The van der Waals surface area contributed by atoms with Crippen molar-refractivity contribution in [1.82, 2.24) is 103 Å². The van der Waals surface area contributed by atoms with Crippen molar-refractivity contribution in [3.8, 4) is 44.5 Å². The average Bonchev–Trinajstić information content (AvgIpc) is 1.63. The third-order valence-corrected chi connectivity index (χ3v) is 31.8. The molecule has 2 unspecified atom stereocenters. The number of nitrogens with one attached hydrogen (secondary N) is 1. The third kappa shape index (κ3) is 19.0. The normalized spacial score (nSPS) is 20.1. The Morgan fingerprint density at radius 3 is 1.32 bits per heavy atom. The minimum absolute atomic E-state index is 0.0269. The van der Waals surface area contributed by atoms with Gasteiger partial charge in [0.05, 0.1) is 102 Å². The number of benzene rings is 5. The van der Waals surface area contributed by atoms with Crippen molar-refractivity contribution < 1.29 is 47.3 Å². The summed E-state index contributed by atoms with van der Waals surface area (Å²) in [6.45, 7) is 22.2. The number of carbonyl (C=O) groups is 4. The fourth-order valence-electron chi connectivity index (χ4n) is 24.0. The number of nitrogens with zero attached hydrogens (tertiary/aromatic N) is 24. The number of ether oxygens (including phenoxy) is 5. The maximum atomic E-state index is 15.7. The molecular formula is C110H132FN25O9. The molecule has 1 N–H and O–H groups in total. The van der Waals surface area contributed by atoms with Crippen molar-refractivity contribution in [2.24, 2.45) is 34.1 Å². The Hall–Kier alpha value is -13.6. The third-order valence-electron chi connectivity index (χ3n) is 31.8. The number of carbonyl (C=O) groups excluding carboxylic acids is 4. The first-order valence-corrected chi connectivity index (χ1v) is 51.9. The largest absolute Gasteiger partial charge is 0.384 e. The molecule has 34 nitrogen and oxygen atoms in total. The first-order valence-electron chi connectivity index (χ1n) is 51.9. The van der Waals surface area contributed by atoms with Crippen LogP contribution in [0.3, 0.4) is 0 Å². The van der Waals surface area contributed by atoms with E-state index < -0.39 is 0 Å². The molecule has 13 aromatic rings. The van der Waals surface area contributed by atoms with Crippen molar-refractivity contribution in [3.05, 3.63) is 225 Å². The number of methoxy groups -OCH3 is 1. The summed E-state index contributed by atoms with van der Waals surface area (Å²) in [7, 11) is 11.2. The van der Waals surface area contributed by atoms with Gasteiger partial charge in [0.25, 0.3) is 0 Å². The van der Waals surface area contributed by atoms with Gasteiger partial charge in [0, 0.05) is 311 Å². The summed E-state index contributed by atoms with van der Waals surface area (Å²) < 4.78 is 60.2. The standard InChI is InChI=1S/C31H34N6O2.C27H35N7O2.C27H34N6O3.C25H29FN6O2/c1-21(38)35-12-10-30-28(19-35)31(33-37(30)27-11-13-39-20-27)36-18-25(22-6-4-3-5-7-22)15-24-14-23(8-9-29(24)36)26-16-32-34(2)17-26;1-18-22(16-29-31(18)3)19-6-7-24-20(15-19)5-4-11-33(24)26-23-17-32(27(35)28-2)12-8-25(23)34(30-26)21-9-13-36-14-10-21;1-18(34)31-8-6-26-24(15-31)27(29-33(26)23-7-9-36-17-23)32-13-19(16-35-3)10-21-11-20(4-5-25(21)32)22-12-28-30(2)14-22;1-16(33)30-10-7-23-21(14-30)25(28-32(23)18-8-11-34-15-18)31-9-3-4-20-22(31)6-5-19(24(20)26)17-12-27-29(2)13-17/h3-9,14,16-17,25,27H,10-13,15,18-20H2,1-2H3;6-7,15-16,21H,4-5,8-14,17H2,1-3H3,(H,28,35);4-5,11-12,14,19,23H,6-10,13,15-17H2,1-3H3;5-6,12-13,18H,3-4,7-11,14-15H2,1-2H3/t25?,27-;;19?,23-;18-/m0.00/s1. The number of aromatic nitrogens is 16. The lowest BCUT2D eigenvalue weighted by Gasteiger charge is -2.37. The predicted octanol–water partition coefficient (Wildman–Crippen LogP) is 14.8. The smallest absolute Gasteiger partial charge is 0.317 e. The van der Waals surface area contributed by atoms with Crippen LogP contribution >= 0.6 is 0 Å². The Morgan fingerprint density at radius 1 is 0.421 bits per heavy atom. The summed E-state index contributed by atoms with van der Waals surface area (Å²) in [5.74, 6) is 4.60. The maximum Gasteiger partial charge on any atom is 0.317 e. The second-order valence-corrected chi connectivity index (χ2v) is 41.0. The molecule has 12 aliphatic heterocycles. The molecule has 20 heterocycles. The molecule has 145 heavy (non-hydrogen) atoms. The fourth-order valence-corrected chi connectivity index (χ4v) is 24.0. The van der Waals surface area contributed by atoms with E-state index in [1.165, 1.54) is 107 Å². The molecule has 758 valence electrons. The van der Waals surface area contributed by atoms with Gasteiger partial charge in [-0.15, -0.1) is 0 Å². The van der Waals surface area contributed by atoms with E-state index in [0.717, 1.165) is 219 Å². The Labute approximate surface area is 844 Å². The van der Waals surface area contributed by atoms with E-state index in [-0.39, 0.29) is 47.7 Å². The zero-order valence-corrected chi connectivity index (χ0v) is 85.0. The molecule has 0 saturated carbocycles. The first kappa shape index (κ1) is 96.2. The van der Waals surface area contributed by atoms with E-state index in [9.17, 15) is 19.2 Å². The summed E-state index contributed by atoms with van der Waals surface area (Å²) in [5, 5.41) is 41.1. The number of halogens is 1. The molecule has 25 rings (SSSR count). The summed E-state index contributed by atoms with van der Waals surface area (Å²) in [4.78, 5) is 66.4. The molecule has 5 amide bonds. The SMILES string of the molecule is CC(=O)N1CCc2c(c(N3CC(c4ccccc4)Cc4cc(-c5cnn(C)c5)ccc43)nn2[C@H]2CCOC2)C1.CC(=O)N1CCc2c(c(N3CCCc4c3ccc(-c3cnn(C)c3)c4F)nn2[C@H]2CCOC2)C1.CNC(=O)N1CCc2c(c(N3CCCc4cc(-c5cnn(C)c5C)ccc43)nn2C2CCOCC2)C1.COCC1Cc2cc(-c3cnn(C)c3)ccc2N(c2nn([C@H]3CCOC3)c3c2CN(C(C)=O)CC3)C1. The minimum Gasteiger partial charge on any atom is -0.384 e. The number of hydrogen-bond acceptors (Lipinski definition) is 21. The molecule has 12 aliphatic rings. The zero-order valence-electron chi connectivity index (χ0n) is 85.0. The fraction of sp³-hybridized carbons (Fsp3) is 0.473. The number of hydrogen-bond donors (Lipinski definition) is 1. The number of aryl methyl sites for hydroxylation is 5. The van der Waals surface area contributed by atoms with Gasteiger partial charge in [-0.05, 0) is 165 Å². The van der Waals surface area contributed by atoms with E-state index in [2.05, 4.69) is 162 Å². The molecule has 5 atom stereocenters. The Morgan fingerprint density at radius 2 is 0.848 bits per heavy atom. The molecule has 0 aliphatic carbocycles. The summed E-state index contributed by atoms with van der Waals surface area (Å²) >= 11 is 0. The van der Waals surface area contributed by atoms with E-state index >= 15 is 4.39 Å². The Balaban J connectivity index is 0.000000110. The quantitative estimate of drug-likeness (QED) is 0.0997. The lowest BCUT2D eigenvalue weighted by molar-refractivity contribution is -0.130. The van der Waals surface area contributed by atoms with Crippen molar-refractivity contribution in [3.63, 3.8) is 0 Å². The molecule has 35 heteroatoms. The molecular weight excluding hydrogens is 1830 g/mol. The highest BCUT2D eigenvalue weighted by Crippen LogP contribution is 2.50. The van der Waals surface area contributed by atoms with Crippen LogP contribution in [0.1, 0.15) is 174 Å². The lowest BCUT2D eigenvalue weighted by atomic mass is 9.86. The molecule has 0 bridgehead atoms. The van der Waals surface area contributed by atoms with Crippen molar-refractivity contribution in [2.45, 2.75) is 180 Å². The van der Waals surface area contributed by atoms with E-state index in [0.29, 0.717) is 95.6 Å². The summed E-state index contributed by atoms with van der Waals surface area (Å²) in [5.41, 5.74) is 29.6. The molecule has 4 saturated heterocycles. The van der Waals surface area contributed by atoms with Gasteiger partial charge in [-0.2, -0.15) is 40.8 Å². The monoisotopic (exact) mass is 1970 g/mol. The van der Waals surface area contributed by atoms with Crippen LogP contribution in [0, 0.1) is 18.7 Å². The van der Waals surface area contributed by atoms with Crippen LogP contribution in [0.5, 0.6) is 0 Å². The van der Waals surface area contributed by atoms with Gasteiger partial charge in [-0.25, -0.2) is 9.18 Å². The predicted molar refractivity (Wildman–Crippen MR) is 550 cm³/mol. The number of urea groups is 1. The lowest BCUT2D eigenvalue weighted by Crippen LogP contribution is -2.42. The molecule has 5 aromatic carbocycles. The second kappa shape index (κ2) is 41.1. The van der Waals surface area contributed by atoms with Crippen LogP contribution in [-0.2, 0) is 144 Å². The number of fused-ring (bicyclic) bond motifs is 8. The van der Waals surface area contributed by atoms with Crippen molar-refractivity contribution in [1.29, 1.82) is 0 Å². The molecule has 8 aromatic heterocycles. The molecule has 0 spiro atoms. The van der Waals surface area contributed by atoms with E-state index in [4.69, 9.17) is 44.1 Å². The first-order chi connectivity index (χ1) is 70.6. The second-order valence-electron chi connectivity index (χ2n) is 41.0. The number of rotatable bonds is 15. The van der Waals surface area contributed by atoms with Crippen LogP contribution in [-0.4, -0.2) is 248 Å². The van der Waals surface area contributed by atoms with Crippen molar-refractivity contribution >= 4 is 69.8 Å². The Bertz CT molecular complexity index is 6970. The number of anilines is 8. The Kier molecular flexibility index (Phi) is 27.3. The van der Waals surface area contributed by atoms with Crippen LogP contribution in [0.15, 0.2) is 140 Å². The zero-order chi connectivity index (χ0) is 99.5. The number of amides is 5. The van der Waals surface area contributed by atoms with E-state index in [1.54, 1.807) is 45.8 Å². The topological polar surface area (TPSA) is 295 Å². The highest BCUT2D eigenvalue weighted by atomic mass is 19.1. The maximum absolute atomic E-state index is 15.7. The highest BCUT2D eigenvalue weighted by molar-refractivity contribution is 5.82. The van der Waals surface area contributed by atoms with E-state index in [1.807, 2.05) is 105 Å². The molecule has 4 fully saturated rings. The minimum atomic E-state index is -0.182. The van der Waals surface area contributed by atoms with Gasteiger partial charge < -0.3 is 68.2 Å². The van der Waals surface area contributed by atoms with Crippen LogP contribution in [0.25, 0.3) is 44.5 Å². The average molecular weight is 1970 g/mol.